The van der Waals surface area contributed by atoms with Crippen molar-refractivity contribution in [1.82, 2.24) is 19.8 Å². The molecular weight excluding hydrogens is 518 g/mol. The molecule has 0 unspecified atom stereocenters. The van der Waals surface area contributed by atoms with Crippen molar-refractivity contribution in [2.75, 3.05) is 19.0 Å². The predicted molar refractivity (Wildman–Crippen MR) is 162 cm³/mol. The SMILES string of the molecule is COc1cccc(-n2cccc2[C@@H]2[C@H](c3ccccn3)NC(=S)N2CCC(=O)Nc2cccc3ccccc23)c1. The summed E-state index contributed by atoms with van der Waals surface area (Å²) in [5.41, 5.74) is 3.70. The number of ether oxygens (including phenoxy) is 1. The highest BCUT2D eigenvalue weighted by atomic mass is 32.1. The number of rotatable bonds is 8. The Kier molecular flexibility index (Phi) is 7.16. The van der Waals surface area contributed by atoms with Crippen LogP contribution >= 0.6 is 12.2 Å². The molecule has 2 aromatic heterocycles. The van der Waals surface area contributed by atoms with Crippen molar-refractivity contribution in [3.05, 3.63) is 121 Å². The topological polar surface area (TPSA) is 71.4 Å². The zero-order valence-electron chi connectivity index (χ0n) is 22.0. The zero-order chi connectivity index (χ0) is 27.5. The first-order valence-corrected chi connectivity index (χ1v) is 13.6. The number of nitrogens with one attached hydrogen (secondary N) is 2. The van der Waals surface area contributed by atoms with Crippen molar-refractivity contribution in [3.63, 3.8) is 0 Å². The monoisotopic (exact) mass is 547 g/mol. The van der Waals surface area contributed by atoms with Gasteiger partial charge in [-0.3, -0.25) is 9.78 Å². The number of carbonyl (C=O) groups is 1. The zero-order valence-corrected chi connectivity index (χ0v) is 22.8. The van der Waals surface area contributed by atoms with Gasteiger partial charge in [0.05, 0.1) is 24.9 Å². The highest BCUT2D eigenvalue weighted by molar-refractivity contribution is 7.80. The molecule has 6 rings (SSSR count). The second-order valence-corrected chi connectivity index (χ2v) is 10.0. The fourth-order valence-electron chi connectivity index (χ4n) is 5.37. The average Bonchev–Trinajstić information content (AvgIpc) is 3.61. The Morgan fingerprint density at radius 3 is 2.67 bits per heavy atom. The molecule has 1 saturated heterocycles. The van der Waals surface area contributed by atoms with Gasteiger partial charge in [0.25, 0.3) is 0 Å². The molecular formula is C32H29N5O2S. The van der Waals surface area contributed by atoms with E-state index < -0.39 is 0 Å². The van der Waals surface area contributed by atoms with Crippen molar-refractivity contribution >= 4 is 39.7 Å². The molecule has 3 heterocycles. The van der Waals surface area contributed by atoms with Crippen LogP contribution in [0, 0.1) is 0 Å². The van der Waals surface area contributed by atoms with E-state index in [0.29, 0.717) is 11.7 Å². The number of amides is 1. The van der Waals surface area contributed by atoms with Crippen molar-refractivity contribution in [2.45, 2.75) is 18.5 Å². The molecule has 5 aromatic rings. The van der Waals surface area contributed by atoms with Gasteiger partial charge < -0.3 is 24.8 Å². The molecule has 3 aromatic carbocycles. The Morgan fingerprint density at radius 1 is 1.00 bits per heavy atom. The molecule has 1 amide bonds. The van der Waals surface area contributed by atoms with Gasteiger partial charge in [-0.05, 0) is 60.1 Å². The third-order valence-electron chi connectivity index (χ3n) is 7.26. The molecule has 0 bridgehead atoms. The summed E-state index contributed by atoms with van der Waals surface area (Å²) < 4.78 is 7.62. The Morgan fingerprint density at radius 2 is 1.82 bits per heavy atom. The molecule has 0 radical (unpaired) electrons. The lowest BCUT2D eigenvalue weighted by Gasteiger charge is -2.29. The van der Waals surface area contributed by atoms with Gasteiger partial charge in [-0.2, -0.15) is 0 Å². The average molecular weight is 548 g/mol. The molecule has 8 heteroatoms. The van der Waals surface area contributed by atoms with E-state index in [0.717, 1.165) is 39.3 Å². The largest absolute Gasteiger partial charge is 0.497 e. The summed E-state index contributed by atoms with van der Waals surface area (Å²) in [5, 5.41) is 9.28. The minimum absolute atomic E-state index is 0.0673. The van der Waals surface area contributed by atoms with E-state index in [9.17, 15) is 4.79 Å². The van der Waals surface area contributed by atoms with E-state index in [1.165, 1.54) is 0 Å². The number of aromatic nitrogens is 2. The summed E-state index contributed by atoms with van der Waals surface area (Å²) in [7, 11) is 1.66. The Bertz CT molecular complexity index is 1660. The first kappa shape index (κ1) is 25.6. The van der Waals surface area contributed by atoms with Crippen molar-refractivity contribution in [2.24, 2.45) is 0 Å². The summed E-state index contributed by atoms with van der Waals surface area (Å²) in [6.07, 6.45) is 4.10. The molecule has 40 heavy (non-hydrogen) atoms. The Hall–Kier alpha value is -4.69. The maximum Gasteiger partial charge on any atom is 0.226 e. The quantitative estimate of drug-likeness (QED) is 0.231. The number of carbonyl (C=O) groups excluding carboxylic acids is 1. The van der Waals surface area contributed by atoms with E-state index in [-0.39, 0.29) is 24.4 Å². The van der Waals surface area contributed by atoms with Crippen LogP contribution in [0.2, 0.25) is 0 Å². The summed E-state index contributed by atoms with van der Waals surface area (Å²) in [5.74, 6) is 0.711. The summed E-state index contributed by atoms with van der Waals surface area (Å²) in [6, 6.07) is 31.5. The number of methoxy groups -OCH3 is 1. The molecule has 0 saturated carbocycles. The maximum atomic E-state index is 13.2. The van der Waals surface area contributed by atoms with Crippen LogP contribution in [0.25, 0.3) is 16.5 Å². The van der Waals surface area contributed by atoms with Crippen LogP contribution in [0.5, 0.6) is 5.75 Å². The van der Waals surface area contributed by atoms with Gasteiger partial charge >= 0.3 is 0 Å². The van der Waals surface area contributed by atoms with Crippen LogP contribution in [-0.2, 0) is 4.79 Å². The normalized spacial score (nSPS) is 16.6. The summed E-state index contributed by atoms with van der Waals surface area (Å²) in [4.78, 5) is 19.9. The Labute approximate surface area is 238 Å². The van der Waals surface area contributed by atoms with Gasteiger partial charge in [0, 0.05) is 53.9 Å². The van der Waals surface area contributed by atoms with Gasteiger partial charge in [0.1, 0.15) is 5.75 Å². The third-order valence-corrected chi connectivity index (χ3v) is 7.61. The van der Waals surface area contributed by atoms with Crippen LogP contribution in [0.4, 0.5) is 5.69 Å². The molecule has 1 aliphatic heterocycles. The van der Waals surface area contributed by atoms with E-state index in [2.05, 4.69) is 31.2 Å². The second-order valence-electron chi connectivity index (χ2n) is 9.65. The van der Waals surface area contributed by atoms with Crippen molar-refractivity contribution < 1.29 is 9.53 Å². The fourth-order valence-corrected chi connectivity index (χ4v) is 5.70. The number of benzene rings is 3. The first-order chi connectivity index (χ1) is 19.6. The van der Waals surface area contributed by atoms with Gasteiger partial charge in [-0.25, -0.2) is 0 Å². The number of thiocarbonyl (C=S) groups is 1. The van der Waals surface area contributed by atoms with Crippen molar-refractivity contribution in [1.29, 1.82) is 0 Å². The number of anilines is 1. The summed E-state index contributed by atoms with van der Waals surface area (Å²) in [6.45, 7) is 0.444. The number of hydrogen-bond acceptors (Lipinski definition) is 4. The number of pyridine rings is 1. The highest BCUT2D eigenvalue weighted by Gasteiger charge is 2.41. The minimum Gasteiger partial charge on any atom is -0.497 e. The standard InChI is InChI=1S/C32H29N5O2S/c1-39-24-12-7-11-23(21-24)36-19-8-16-28(36)31-30(27-14-4-5-18-33-27)35-32(40)37(31)20-17-29(38)34-26-15-6-10-22-9-2-3-13-25(22)26/h2-16,18-19,21,30-31H,17,20H2,1H3,(H,34,38)(H,35,40)/t30-,31+/m0/s1. The summed E-state index contributed by atoms with van der Waals surface area (Å²) >= 11 is 5.84. The molecule has 1 fully saturated rings. The van der Waals surface area contributed by atoms with Gasteiger partial charge in [-0.15, -0.1) is 0 Å². The third kappa shape index (κ3) is 5.01. The smallest absolute Gasteiger partial charge is 0.226 e. The molecule has 1 aliphatic rings. The maximum absolute atomic E-state index is 13.2. The predicted octanol–water partition coefficient (Wildman–Crippen LogP) is 6.04. The molecule has 0 aliphatic carbocycles. The lowest BCUT2D eigenvalue weighted by molar-refractivity contribution is -0.116. The van der Waals surface area contributed by atoms with Crippen LogP contribution < -0.4 is 15.4 Å². The molecule has 7 nitrogen and oxygen atoms in total. The van der Waals surface area contributed by atoms with E-state index in [1.807, 2.05) is 97.2 Å². The molecule has 0 spiro atoms. The van der Waals surface area contributed by atoms with Gasteiger partial charge in [0.2, 0.25) is 5.91 Å². The molecule has 2 atom stereocenters. The number of fused-ring (bicyclic) bond motifs is 1. The van der Waals surface area contributed by atoms with Crippen LogP contribution in [0.1, 0.15) is 29.9 Å². The van der Waals surface area contributed by atoms with E-state index in [1.54, 1.807) is 13.3 Å². The van der Waals surface area contributed by atoms with Gasteiger partial charge in [0.15, 0.2) is 5.11 Å². The lowest BCUT2D eigenvalue weighted by Crippen LogP contribution is -2.33. The molecule has 200 valence electrons. The minimum atomic E-state index is -0.186. The van der Waals surface area contributed by atoms with Crippen LogP contribution in [0.3, 0.4) is 0 Å². The van der Waals surface area contributed by atoms with E-state index >= 15 is 0 Å². The van der Waals surface area contributed by atoms with Crippen LogP contribution in [-0.4, -0.2) is 39.1 Å². The van der Waals surface area contributed by atoms with Crippen LogP contribution in [0.15, 0.2) is 109 Å². The van der Waals surface area contributed by atoms with E-state index in [4.69, 9.17) is 17.0 Å². The number of hydrogen-bond donors (Lipinski definition) is 2. The first-order valence-electron chi connectivity index (χ1n) is 13.2. The molecule has 2 N–H and O–H groups in total. The number of nitrogens with zero attached hydrogens (tertiary/aromatic N) is 3. The highest BCUT2D eigenvalue weighted by Crippen LogP contribution is 2.40. The lowest BCUT2D eigenvalue weighted by atomic mass is 10.0. The second kappa shape index (κ2) is 11.2. The Balaban J connectivity index is 1.29. The van der Waals surface area contributed by atoms with Gasteiger partial charge in [-0.1, -0.05) is 48.5 Å². The van der Waals surface area contributed by atoms with Crippen molar-refractivity contribution in [3.8, 4) is 11.4 Å². The fraction of sp³-hybridized carbons (Fsp3) is 0.156.